The van der Waals surface area contributed by atoms with Crippen LogP contribution in [0.2, 0.25) is 0 Å². The third kappa shape index (κ3) is 6.04. The second-order valence-electron chi connectivity index (χ2n) is 6.28. The number of hydrogen-bond donors (Lipinski definition) is 1. The van der Waals surface area contributed by atoms with Gasteiger partial charge in [0.15, 0.2) is 0 Å². The van der Waals surface area contributed by atoms with Crippen LogP contribution >= 0.6 is 0 Å². The first kappa shape index (κ1) is 15.9. The molecule has 19 heavy (non-hydrogen) atoms. The normalized spacial score (nSPS) is 13.1. The first-order valence-corrected chi connectivity index (χ1v) is 7.50. The first-order chi connectivity index (χ1) is 8.88. The van der Waals surface area contributed by atoms with Gasteiger partial charge in [0.05, 0.1) is 0 Å². The van der Waals surface area contributed by atoms with Crippen LogP contribution in [-0.4, -0.2) is 16.0 Å². The third-order valence-corrected chi connectivity index (χ3v) is 3.26. The molecule has 0 aliphatic rings. The molecule has 0 spiro atoms. The van der Waals surface area contributed by atoms with E-state index in [1.54, 1.807) is 0 Å². The molecule has 0 amide bonds. The summed E-state index contributed by atoms with van der Waals surface area (Å²) in [7, 11) is 0. The van der Waals surface area contributed by atoms with Crippen LogP contribution in [0.3, 0.4) is 0 Å². The van der Waals surface area contributed by atoms with E-state index in [9.17, 15) is 0 Å². The molecule has 1 atom stereocenters. The molecule has 1 aromatic heterocycles. The largest absolute Gasteiger partial charge is 0.352 e. The van der Waals surface area contributed by atoms with Gasteiger partial charge in [-0.1, -0.05) is 40.5 Å². The number of rotatable bonds is 7. The maximum absolute atomic E-state index is 4.59. The summed E-state index contributed by atoms with van der Waals surface area (Å²) < 4.78 is 0. The fourth-order valence-corrected chi connectivity index (χ4v) is 2.08. The maximum atomic E-state index is 4.59. The molecule has 0 radical (unpaired) electrons. The summed E-state index contributed by atoms with van der Waals surface area (Å²) in [5, 5.41) is 3.43. The lowest BCUT2D eigenvalue weighted by molar-refractivity contribution is 0.519. The number of nitrogens with one attached hydrogen (secondary N) is 1. The van der Waals surface area contributed by atoms with E-state index in [2.05, 4.69) is 56.0 Å². The summed E-state index contributed by atoms with van der Waals surface area (Å²) in [6.07, 6.45) is 3.72. The van der Waals surface area contributed by atoms with Gasteiger partial charge < -0.3 is 5.32 Å². The Kier molecular flexibility index (Phi) is 6.26. The Morgan fingerprint density at radius 3 is 2.32 bits per heavy atom. The van der Waals surface area contributed by atoms with Gasteiger partial charge in [-0.2, -0.15) is 0 Å². The smallest absolute Gasteiger partial charge is 0.223 e. The number of hydrogen-bond acceptors (Lipinski definition) is 3. The van der Waals surface area contributed by atoms with Crippen LogP contribution in [0.1, 0.15) is 71.2 Å². The molecular weight excluding hydrogens is 234 g/mol. The van der Waals surface area contributed by atoms with E-state index in [1.165, 1.54) is 19.3 Å². The average Bonchev–Trinajstić information content (AvgIpc) is 2.27. The Morgan fingerprint density at radius 1 is 1.05 bits per heavy atom. The fourth-order valence-electron chi connectivity index (χ4n) is 2.08. The van der Waals surface area contributed by atoms with Gasteiger partial charge in [0.2, 0.25) is 5.95 Å². The first-order valence-electron chi connectivity index (χ1n) is 7.50. The van der Waals surface area contributed by atoms with Crippen LogP contribution in [0, 0.1) is 12.8 Å². The minimum atomic E-state index is 0.431. The Labute approximate surface area is 118 Å². The van der Waals surface area contributed by atoms with Crippen molar-refractivity contribution in [3.05, 3.63) is 17.5 Å². The highest BCUT2D eigenvalue weighted by atomic mass is 15.1. The number of aryl methyl sites for hydroxylation is 1. The molecule has 1 heterocycles. The van der Waals surface area contributed by atoms with Crippen LogP contribution in [0.25, 0.3) is 0 Å². The zero-order chi connectivity index (χ0) is 14.4. The molecule has 1 unspecified atom stereocenters. The third-order valence-electron chi connectivity index (χ3n) is 3.26. The summed E-state index contributed by atoms with van der Waals surface area (Å²) in [6, 6.07) is 2.50. The Morgan fingerprint density at radius 2 is 1.74 bits per heavy atom. The van der Waals surface area contributed by atoms with Crippen LogP contribution in [0.5, 0.6) is 0 Å². The molecule has 108 valence electrons. The standard InChI is InChI=1S/C16H29N3/c1-11(2)8-7-9-13(5)17-16-18-14(6)10-15(19-16)12(3)4/h10-13H,7-9H2,1-6H3,(H,17,18,19). The van der Waals surface area contributed by atoms with Crippen molar-refractivity contribution in [3.8, 4) is 0 Å². The van der Waals surface area contributed by atoms with Crippen molar-refractivity contribution in [2.75, 3.05) is 5.32 Å². The monoisotopic (exact) mass is 263 g/mol. The SMILES string of the molecule is Cc1cc(C(C)C)nc(NC(C)CCCC(C)C)n1. The Hall–Kier alpha value is -1.12. The zero-order valence-electron chi connectivity index (χ0n) is 13.3. The van der Waals surface area contributed by atoms with Crippen molar-refractivity contribution in [3.63, 3.8) is 0 Å². The van der Waals surface area contributed by atoms with Gasteiger partial charge in [-0.15, -0.1) is 0 Å². The predicted octanol–water partition coefficient (Wildman–Crippen LogP) is 4.54. The van der Waals surface area contributed by atoms with Crippen molar-refractivity contribution in [2.45, 2.75) is 72.8 Å². The Balaban J connectivity index is 2.56. The van der Waals surface area contributed by atoms with Gasteiger partial charge in [-0.25, -0.2) is 9.97 Å². The topological polar surface area (TPSA) is 37.8 Å². The molecule has 3 nitrogen and oxygen atoms in total. The number of nitrogens with zero attached hydrogens (tertiary/aromatic N) is 2. The van der Waals surface area contributed by atoms with E-state index in [4.69, 9.17) is 0 Å². The summed E-state index contributed by atoms with van der Waals surface area (Å²) in [6.45, 7) is 13.1. The van der Waals surface area contributed by atoms with Crippen molar-refractivity contribution in [1.29, 1.82) is 0 Å². The number of aromatic nitrogens is 2. The predicted molar refractivity (Wildman–Crippen MR) is 82.6 cm³/mol. The lowest BCUT2D eigenvalue weighted by Gasteiger charge is -2.16. The highest BCUT2D eigenvalue weighted by molar-refractivity contribution is 5.30. The van der Waals surface area contributed by atoms with Gasteiger partial charge in [-0.05, 0) is 38.2 Å². The van der Waals surface area contributed by atoms with Crippen LogP contribution in [0.4, 0.5) is 5.95 Å². The lowest BCUT2D eigenvalue weighted by Crippen LogP contribution is -2.18. The summed E-state index contributed by atoms with van der Waals surface area (Å²) in [5.41, 5.74) is 2.15. The molecule has 0 aliphatic heterocycles. The molecule has 0 saturated carbocycles. The van der Waals surface area contributed by atoms with Gasteiger partial charge >= 0.3 is 0 Å². The number of anilines is 1. The quantitative estimate of drug-likeness (QED) is 0.785. The second-order valence-corrected chi connectivity index (χ2v) is 6.28. The minimum absolute atomic E-state index is 0.431. The van der Waals surface area contributed by atoms with E-state index in [0.717, 1.165) is 23.3 Å². The van der Waals surface area contributed by atoms with E-state index in [-0.39, 0.29) is 0 Å². The average molecular weight is 263 g/mol. The van der Waals surface area contributed by atoms with Crippen molar-refractivity contribution in [2.24, 2.45) is 5.92 Å². The van der Waals surface area contributed by atoms with Crippen molar-refractivity contribution >= 4 is 5.95 Å². The van der Waals surface area contributed by atoms with Crippen LogP contribution < -0.4 is 5.32 Å². The highest BCUT2D eigenvalue weighted by Crippen LogP contribution is 2.16. The van der Waals surface area contributed by atoms with Gasteiger partial charge in [-0.3, -0.25) is 0 Å². The summed E-state index contributed by atoms with van der Waals surface area (Å²) >= 11 is 0. The molecule has 1 aromatic rings. The second kappa shape index (κ2) is 7.46. The molecule has 0 aliphatic carbocycles. The molecular formula is C16H29N3. The molecule has 0 saturated heterocycles. The van der Waals surface area contributed by atoms with Gasteiger partial charge in [0.1, 0.15) is 0 Å². The minimum Gasteiger partial charge on any atom is -0.352 e. The lowest BCUT2D eigenvalue weighted by atomic mass is 10.0. The van der Waals surface area contributed by atoms with E-state index in [0.29, 0.717) is 12.0 Å². The van der Waals surface area contributed by atoms with Crippen LogP contribution in [-0.2, 0) is 0 Å². The molecule has 0 fully saturated rings. The summed E-state index contributed by atoms with van der Waals surface area (Å²) in [4.78, 5) is 9.07. The fraction of sp³-hybridized carbons (Fsp3) is 0.750. The van der Waals surface area contributed by atoms with Gasteiger partial charge in [0.25, 0.3) is 0 Å². The molecule has 0 aromatic carbocycles. The van der Waals surface area contributed by atoms with Crippen molar-refractivity contribution in [1.82, 2.24) is 9.97 Å². The highest BCUT2D eigenvalue weighted by Gasteiger charge is 2.08. The maximum Gasteiger partial charge on any atom is 0.223 e. The van der Waals surface area contributed by atoms with Crippen LogP contribution in [0.15, 0.2) is 6.07 Å². The zero-order valence-corrected chi connectivity index (χ0v) is 13.3. The molecule has 1 rings (SSSR count). The van der Waals surface area contributed by atoms with E-state index in [1.807, 2.05) is 6.92 Å². The molecule has 0 bridgehead atoms. The Bertz CT molecular complexity index is 386. The van der Waals surface area contributed by atoms with Gasteiger partial charge in [0, 0.05) is 17.4 Å². The van der Waals surface area contributed by atoms with Crippen molar-refractivity contribution < 1.29 is 0 Å². The summed E-state index contributed by atoms with van der Waals surface area (Å²) in [5.74, 6) is 2.01. The van der Waals surface area contributed by atoms with E-state index < -0.39 is 0 Å². The molecule has 1 N–H and O–H groups in total. The molecule has 3 heteroatoms. The van der Waals surface area contributed by atoms with E-state index >= 15 is 0 Å².